The molecule has 1 heterocycles. The number of aromatic nitrogens is 1. The summed E-state index contributed by atoms with van der Waals surface area (Å²) in [6.07, 6.45) is 4.39. The first-order valence-electron chi connectivity index (χ1n) is 5.77. The number of ether oxygens (including phenoxy) is 1. The summed E-state index contributed by atoms with van der Waals surface area (Å²) in [6, 6.07) is 2.13. The first-order chi connectivity index (χ1) is 7.77. The van der Waals surface area contributed by atoms with Crippen molar-refractivity contribution in [2.45, 2.75) is 26.3 Å². The Morgan fingerprint density at radius 2 is 2.31 bits per heavy atom. The van der Waals surface area contributed by atoms with Crippen molar-refractivity contribution in [3.63, 3.8) is 0 Å². The summed E-state index contributed by atoms with van der Waals surface area (Å²) in [5, 5.41) is 3.38. The van der Waals surface area contributed by atoms with E-state index in [2.05, 4.69) is 17.2 Å². The Balaban J connectivity index is 2.56. The van der Waals surface area contributed by atoms with Crippen LogP contribution in [-0.2, 0) is 11.2 Å². The number of nitrogens with zero attached hydrogens (tertiary/aromatic N) is 1. The van der Waals surface area contributed by atoms with Gasteiger partial charge in [0.05, 0.1) is 6.61 Å². The van der Waals surface area contributed by atoms with Gasteiger partial charge in [-0.15, -0.1) is 0 Å². The van der Waals surface area contributed by atoms with E-state index in [1.807, 2.05) is 19.2 Å². The van der Waals surface area contributed by atoms with Crippen LogP contribution in [0.3, 0.4) is 0 Å². The summed E-state index contributed by atoms with van der Waals surface area (Å²) in [5.41, 5.74) is 7.76. The van der Waals surface area contributed by atoms with Gasteiger partial charge in [-0.25, -0.2) is 0 Å². The van der Waals surface area contributed by atoms with E-state index in [9.17, 15) is 0 Å². The molecule has 0 radical (unpaired) electrons. The Hall–Kier alpha value is -1.13. The number of hydrogen-bond acceptors (Lipinski definition) is 4. The standard InChI is InChI=1S/C12H21N3O/c1-3-15-11(9-16-4-2)7-10-8-14-6-5-12(10)13/h5-6,8,11,15H,3-4,7,9H2,1-2H3,(H2,13,14). The molecule has 0 saturated carbocycles. The lowest BCUT2D eigenvalue weighted by Crippen LogP contribution is -2.35. The summed E-state index contributed by atoms with van der Waals surface area (Å²) < 4.78 is 5.44. The fourth-order valence-corrected chi connectivity index (χ4v) is 1.61. The van der Waals surface area contributed by atoms with Crippen LogP contribution in [0.2, 0.25) is 0 Å². The third-order valence-electron chi connectivity index (χ3n) is 2.42. The van der Waals surface area contributed by atoms with Crippen molar-refractivity contribution in [1.82, 2.24) is 10.3 Å². The summed E-state index contributed by atoms with van der Waals surface area (Å²) in [6.45, 7) is 6.47. The maximum atomic E-state index is 5.89. The van der Waals surface area contributed by atoms with Gasteiger partial charge in [-0.05, 0) is 31.5 Å². The average molecular weight is 223 g/mol. The van der Waals surface area contributed by atoms with E-state index in [4.69, 9.17) is 10.5 Å². The summed E-state index contributed by atoms with van der Waals surface area (Å²) in [7, 11) is 0. The predicted molar refractivity (Wildman–Crippen MR) is 66.3 cm³/mol. The van der Waals surface area contributed by atoms with Crippen molar-refractivity contribution in [2.24, 2.45) is 0 Å². The average Bonchev–Trinajstić information content (AvgIpc) is 2.29. The lowest BCUT2D eigenvalue weighted by atomic mass is 10.1. The van der Waals surface area contributed by atoms with Crippen LogP contribution >= 0.6 is 0 Å². The number of pyridine rings is 1. The van der Waals surface area contributed by atoms with Crippen LogP contribution in [-0.4, -0.2) is 30.8 Å². The first-order valence-corrected chi connectivity index (χ1v) is 5.77. The number of hydrogen-bond donors (Lipinski definition) is 2. The van der Waals surface area contributed by atoms with Gasteiger partial charge < -0.3 is 15.8 Å². The molecule has 16 heavy (non-hydrogen) atoms. The molecule has 1 unspecified atom stereocenters. The maximum absolute atomic E-state index is 5.89. The highest BCUT2D eigenvalue weighted by Gasteiger charge is 2.10. The smallest absolute Gasteiger partial charge is 0.0622 e. The van der Waals surface area contributed by atoms with Gasteiger partial charge in [-0.1, -0.05) is 6.92 Å². The zero-order valence-electron chi connectivity index (χ0n) is 10.1. The largest absolute Gasteiger partial charge is 0.398 e. The lowest BCUT2D eigenvalue weighted by Gasteiger charge is -2.18. The van der Waals surface area contributed by atoms with E-state index in [0.717, 1.165) is 30.8 Å². The molecule has 0 aliphatic carbocycles. The van der Waals surface area contributed by atoms with Crippen LogP contribution in [0.1, 0.15) is 19.4 Å². The summed E-state index contributed by atoms with van der Waals surface area (Å²) >= 11 is 0. The van der Waals surface area contributed by atoms with Crippen LogP contribution in [0.25, 0.3) is 0 Å². The molecule has 0 aliphatic heterocycles. The second-order valence-corrected chi connectivity index (χ2v) is 3.69. The molecule has 1 rings (SSSR count). The molecule has 3 N–H and O–H groups in total. The lowest BCUT2D eigenvalue weighted by molar-refractivity contribution is 0.123. The quantitative estimate of drug-likeness (QED) is 0.729. The second kappa shape index (κ2) is 7.19. The SMILES string of the molecule is CCNC(COCC)Cc1cnccc1N. The third-order valence-corrected chi connectivity index (χ3v) is 2.42. The molecule has 1 atom stereocenters. The highest BCUT2D eigenvalue weighted by molar-refractivity contribution is 5.44. The fraction of sp³-hybridized carbons (Fsp3) is 0.583. The minimum absolute atomic E-state index is 0.302. The highest BCUT2D eigenvalue weighted by Crippen LogP contribution is 2.11. The van der Waals surface area contributed by atoms with Crippen LogP contribution < -0.4 is 11.1 Å². The van der Waals surface area contributed by atoms with Gasteiger partial charge in [0.2, 0.25) is 0 Å². The van der Waals surface area contributed by atoms with E-state index in [1.165, 1.54) is 0 Å². The van der Waals surface area contributed by atoms with Crippen LogP contribution in [0, 0.1) is 0 Å². The Morgan fingerprint density at radius 3 is 2.94 bits per heavy atom. The highest BCUT2D eigenvalue weighted by atomic mass is 16.5. The van der Waals surface area contributed by atoms with Gasteiger partial charge in [-0.3, -0.25) is 4.98 Å². The molecule has 4 heteroatoms. The van der Waals surface area contributed by atoms with Gasteiger partial charge in [0.1, 0.15) is 0 Å². The van der Waals surface area contributed by atoms with E-state index < -0.39 is 0 Å². The van der Waals surface area contributed by atoms with Crippen molar-refractivity contribution >= 4 is 5.69 Å². The zero-order valence-corrected chi connectivity index (χ0v) is 10.1. The van der Waals surface area contributed by atoms with Crippen molar-refractivity contribution in [3.8, 4) is 0 Å². The predicted octanol–water partition coefficient (Wildman–Crippen LogP) is 1.22. The number of rotatable bonds is 7. The normalized spacial score (nSPS) is 12.6. The maximum Gasteiger partial charge on any atom is 0.0622 e. The number of anilines is 1. The van der Waals surface area contributed by atoms with E-state index in [0.29, 0.717) is 12.6 Å². The Labute approximate surface area is 97.2 Å². The summed E-state index contributed by atoms with van der Waals surface area (Å²) in [4.78, 5) is 4.09. The topological polar surface area (TPSA) is 60.2 Å². The van der Waals surface area contributed by atoms with E-state index in [1.54, 1.807) is 6.20 Å². The Bertz CT molecular complexity index is 304. The molecule has 0 bridgehead atoms. The van der Waals surface area contributed by atoms with Crippen molar-refractivity contribution in [2.75, 3.05) is 25.5 Å². The van der Waals surface area contributed by atoms with Crippen LogP contribution in [0.5, 0.6) is 0 Å². The molecular weight excluding hydrogens is 202 g/mol. The van der Waals surface area contributed by atoms with Crippen molar-refractivity contribution < 1.29 is 4.74 Å². The fourth-order valence-electron chi connectivity index (χ4n) is 1.61. The molecule has 0 aromatic carbocycles. The molecule has 1 aromatic heterocycles. The molecule has 0 fully saturated rings. The Morgan fingerprint density at radius 1 is 1.50 bits per heavy atom. The number of nitrogens with one attached hydrogen (secondary N) is 1. The molecular formula is C12H21N3O. The van der Waals surface area contributed by atoms with Crippen molar-refractivity contribution in [1.29, 1.82) is 0 Å². The van der Waals surface area contributed by atoms with Crippen LogP contribution in [0.15, 0.2) is 18.5 Å². The van der Waals surface area contributed by atoms with Gasteiger partial charge in [0, 0.05) is 30.7 Å². The van der Waals surface area contributed by atoms with Gasteiger partial charge in [-0.2, -0.15) is 0 Å². The second-order valence-electron chi connectivity index (χ2n) is 3.69. The van der Waals surface area contributed by atoms with Gasteiger partial charge >= 0.3 is 0 Å². The molecule has 1 aromatic rings. The third kappa shape index (κ3) is 4.16. The summed E-state index contributed by atoms with van der Waals surface area (Å²) in [5.74, 6) is 0. The minimum atomic E-state index is 0.302. The van der Waals surface area contributed by atoms with Crippen molar-refractivity contribution in [3.05, 3.63) is 24.0 Å². The number of nitrogens with two attached hydrogens (primary N) is 1. The molecule has 0 aliphatic rings. The monoisotopic (exact) mass is 223 g/mol. The Kier molecular flexibility index (Phi) is 5.82. The van der Waals surface area contributed by atoms with Gasteiger partial charge in [0.25, 0.3) is 0 Å². The first kappa shape index (κ1) is 12.9. The molecule has 0 spiro atoms. The van der Waals surface area contributed by atoms with E-state index in [-0.39, 0.29) is 0 Å². The molecule has 4 nitrogen and oxygen atoms in total. The minimum Gasteiger partial charge on any atom is -0.398 e. The molecule has 0 amide bonds. The number of nitrogen functional groups attached to an aromatic ring is 1. The zero-order chi connectivity index (χ0) is 11.8. The van der Waals surface area contributed by atoms with Gasteiger partial charge in [0.15, 0.2) is 0 Å². The number of likely N-dealkylation sites (N-methyl/N-ethyl adjacent to an activating group) is 1. The van der Waals surface area contributed by atoms with Crippen LogP contribution in [0.4, 0.5) is 5.69 Å². The molecule has 90 valence electrons. The molecule has 0 saturated heterocycles. The van der Waals surface area contributed by atoms with E-state index >= 15 is 0 Å².